The van der Waals surface area contributed by atoms with Gasteiger partial charge in [-0.15, -0.1) is 0 Å². The molecule has 2 heterocycles. The molecular formula is C51H35NO2P2. The van der Waals surface area contributed by atoms with Crippen molar-refractivity contribution in [2.75, 3.05) is 4.67 Å². The van der Waals surface area contributed by atoms with Gasteiger partial charge < -0.3 is 8.39 Å². The fourth-order valence-corrected chi connectivity index (χ4v) is 12.7. The lowest BCUT2D eigenvalue weighted by Crippen LogP contribution is -2.30. The quantitative estimate of drug-likeness (QED) is 0.164. The van der Waals surface area contributed by atoms with Gasteiger partial charge in [0.2, 0.25) is 0 Å². The first kappa shape index (κ1) is 33.0. The lowest BCUT2D eigenvalue weighted by molar-refractivity contribution is 0.626. The van der Waals surface area contributed by atoms with Crippen molar-refractivity contribution in [1.82, 2.24) is 0 Å². The maximum absolute atomic E-state index is 7.44. The van der Waals surface area contributed by atoms with Gasteiger partial charge in [0.25, 0.3) is 0 Å². The van der Waals surface area contributed by atoms with Crippen LogP contribution < -0.4 is 20.6 Å². The highest BCUT2D eigenvalue weighted by Gasteiger charge is 2.35. The summed E-state index contributed by atoms with van der Waals surface area (Å²) in [5.74, 6) is 0. The Morgan fingerprint density at radius 2 is 0.946 bits per heavy atom. The molecule has 1 aromatic heterocycles. The number of anilines is 1. The van der Waals surface area contributed by atoms with E-state index < -0.39 is 16.1 Å². The molecule has 11 rings (SSSR count). The van der Waals surface area contributed by atoms with E-state index in [2.05, 4.69) is 211 Å². The minimum atomic E-state index is -1.79. The van der Waals surface area contributed by atoms with Crippen LogP contribution in [0.5, 0.6) is 0 Å². The fourth-order valence-electron chi connectivity index (χ4n) is 8.48. The Morgan fingerprint density at radius 3 is 1.55 bits per heavy atom. The van der Waals surface area contributed by atoms with E-state index >= 15 is 0 Å². The highest BCUT2D eigenvalue weighted by atomic mass is 31.1. The number of nitrogens with zero attached hydrogens (tertiary/aromatic N) is 1. The Morgan fingerprint density at radius 1 is 0.446 bits per heavy atom. The first-order valence-electron chi connectivity index (χ1n) is 19.0. The highest BCUT2D eigenvalue weighted by Crippen LogP contribution is 2.53. The van der Waals surface area contributed by atoms with E-state index in [-0.39, 0.29) is 6.04 Å². The highest BCUT2D eigenvalue weighted by molar-refractivity contribution is 7.80. The van der Waals surface area contributed by atoms with Gasteiger partial charge in [-0.3, -0.25) is 4.67 Å². The van der Waals surface area contributed by atoms with E-state index in [4.69, 9.17) is 8.39 Å². The predicted octanol–water partition coefficient (Wildman–Crippen LogP) is 13.5. The third-order valence-electron chi connectivity index (χ3n) is 11.0. The number of rotatable bonds is 5. The van der Waals surface area contributed by atoms with Gasteiger partial charge in [-0.25, -0.2) is 0 Å². The number of hydrogen-bond acceptors (Lipinski definition) is 3. The molecular weight excluding hydrogens is 721 g/mol. The molecule has 0 N–H and O–H groups in total. The monoisotopic (exact) mass is 755 g/mol. The fraction of sp³-hybridized carbons (Fsp3) is 0.0196. The zero-order valence-electron chi connectivity index (χ0n) is 30.4. The minimum Gasteiger partial charge on any atom is -0.404 e. The smallest absolute Gasteiger partial charge is 0.342 e. The van der Waals surface area contributed by atoms with Crippen molar-refractivity contribution in [3.63, 3.8) is 0 Å². The molecule has 0 saturated carbocycles. The van der Waals surface area contributed by atoms with Crippen molar-refractivity contribution < 1.29 is 8.39 Å². The molecule has 0 bridgehead atoms. The van der Waals surface area contributed by atoms with Gasteiger partial charge in [0, 0.05) is 16.1 Å². The molecule has 0 radical (unpaired) electrons. The van der Waals surface area contributed by atoms with Crippen molar-refractivity contribution in [1.29, 1.82) is 0 Å². The summed E-state index contributed by atoms with van der Waals surface area (Å²) in [6.45, 7) is 0. The van der Waals surface area contributed by atoms with Gasteiger partial charge in [0.15, 0.2) is 0 Å². The Kier molecular flexibility index (Phi) is 8.09. The summed E-state index contributed by atoms with van der Waals surface area (Å²) in [5.41, 5.74) is 5.14. The maximum Gasteiger partial charge on any atom is 0.342 e. The average Bonchev–Trinajstić information content (AvgIpc) is 3.44. The molecule has 1 aliphatic rings. The molecule has 1 aliphatic heterocycles. The summed E-state index contributed by atoms with van der Waals surface area (Å²) in [6, 6.07) is 69.7. The Balaban J connectivity index is 1.28. The second kappa shape index (κ2) is 13.7. The van der Waals surface area contributed by atoms with Crippen LogP contribution in [0.3, 0.4) is 0 Å². The van der Waals surface area contributed by atoms with Crippen LogP contribution in [0.15, 0.2) is 209 Å². The molecule has 5 heteroatoms. The van der Waals surface area contributed by atoms with E-state index in [1.54, 1.807) is 0 Å². The summed E-state index contributed by atoms with van der Waals surface area (Å²) >= 11 is 0. The molecule has 3 nitrogen and oxygen atoms in total. The van der Waals surface area contributed by atoms with E-state index in [9.17, 15) is 0 Å². The van der Waals surface area contributed by atoms with Crippen molar-refractivity contribution in [2.45, 2.75) is 6.04 Å². The Labute approximate surface area is 327 Å². The predicted molar refractivity (Wildman–Crippen MR) is 240 cm³/mol. The van der Waals surface area contributed by atoms with Gasteiger partial charge in [-0.05, 0) is 74.1 Å². The van der Waals surface area contributed by atoms with Crippen LogP contribution in [-0.4, -0.2) is 0 Å². The van der Waals surface area contributed by atoms with Crippen molar-refractivity contribution in [3.8, 4) is 0 Å². The van der Waals surface area contributed by atoms with Crippen LogP contribution in [0.2, 0.25) is 0 Å². The summed E-state index contributed by atoms with van der Waals surface area (Å²) in [7, 11) is -2.76. The van der Waals surface area contributed by atoms with E-state index in [1.165, 1.54) is 43.0 Å². The Hall–Kier alpha value is -6.37. The van der Waals surface area contributed by atoms with Gasteiger partial charge >= 0.3 is 8.16 Å². The number of benzene rings is 9. The molecule has 1 unspecified atom stereocenters. The van der Waals surface area contributed by atoms with Gasteiger partial charge in [-0.2, -0.15) is 0 Å². The molecule has 266 valence electrons. The second-order valence-corrected chi connectivity index (χ2v) is 17.6. The minimum absolute atomic E-state index is 0.185. The first-order valence-corrected chi connectivity index (χ1v) is 21.5. The van der Waals surface area contributed by atoms with E-state index in [1.807, 2.05) is 0 Å². The molecule has 56 heavy (non-hydrogen) atoms. The topological polar surface area (TPSA) is 29.5 Å². The van der Waals surface area contributed by atoms with Crippen LogP contribution >= 0.6 is 16.1 Å². The molecule has 9 aromatic carbocycles. The van der Waals surface area contributed by atoms with Crippen LogP contribution in [-0.2, 0) is 0 Å². The molecule has 0 amide bonds. The normalized spacial score (nSPS) is 13.9. The average molecular weight is 756 g/mol. The lowest BCUT2D eigenvalue weighted by Gasteiger charge is -2.36. The van der Waals surface area contributed by atoms with Crippen LogP contribution in [0.4, 0.5) is 5.69 Å². The van der Waals surface area contributed by atoms with Crippen molar-refractivity contribution in [3.05, 3.63) is 211 Å². The SMILES string of the molecule is C1=CC(c2cccc3ccccc23)N(p2oc3ccc4ccccc4c3c3c(ccc4ccccc43)o2)c2c1cccc2P(c1ccccc1)c1ccccc1. The summed E-state index contributed by atoms with van der Waals surface area (Å²) in [5, 5.41) is 13.0. The van der Waals surface area contributed by atoms with E-state index in [0.29, 0.717) is 0 Å². The van der Waals surface area contributed by atoms with Crippen LogP contribution in [0.25, 0.3) is 60.3 Å². The molecule has 10 aromatic rings. The lowest BCUT2D eigenvalue weighted by atomic mass is 9.95. The molecule has 1 atom stereocenters. The zero-order chi connectivity index (χ0) is 37.0. The molecule has 0 spiro atoms. The number of para-hydroxylation sites is 1. The van der Waals surface area contributed by atoms with Crippen molar-refractivity contribution in [2.24, 2.45) is 0 Å². The van der Waals surface area contributed by atoms with Gasteiger partial charge in [0.1, 0.15) is 11.2 Å². The number of fused-ring (bicyclic) bond motifs is 9. The standard InChI is InChI=1S/C51H35NO2P2/c1-3-20-39(21-4-1)55(40-22-5-2-6-23-40)48-28-14-19-38-29-32-45(44-27-13-18-35-15-7-10-24-41(35)44)52(51(38)48)56-53-46-33-30-36-16-8-11-25-42(36)49(46)50-43-26-12-9-17-37(43)31-34-47(50)54-56/h1-34,45H. The molecule has 0 fully saturated rings. The molecule has 0 saturated heterocycles. The summed E-state index contributed by atoms with van der Waals surface area (Å²) in [6.07, 6.45) is 4.64. The first-order chi connectivity index (χ1) is 27.8. The van der Waals surface area contributed by atoms with Crippen molar-refractivity contribution >= 4 is 98.0 Å². The maximum atomic E-state index is 7.44. The number of hydrogen-bond donors (Lipinski definition) is 0. The third kappa shape index (κ3) is 5.47. The molecule has 0 aliphatic carbocycles. The van der Waals surface area contributed by atoms with E-state index in [0.717, 1.165) is 44.0 Å². The van der Waals surface area contributed by atoms with Gasteiger partial charge in [-0.1, -0.05) is 194 Å². The largest absolute Gasteiger partial charge is 0.404 e. The summed E-state index contributed by atoms with van der Waals surface area (Å²) in [4.78, 5) is 0. The van der Waals surface area contributed by atoms with Crippen LogP contribution in [0, 0.1) is 0 Å². The van der Waals surface area contributed by atoms with Crippen LogP contribution in [0.1, 0.15) is 17.2 Å². The third-order valence-corrected chi connectivity index (χ3v) is 14.9. The zero-order valence-corrected chi connectivity index (χ0v) is 32.2. The second-order valence-electron chi connectivity index (χ2n) is 14.2. The summed E-state index contributed by atoms with van der Waals surface area (Å²) < 4.78 is 17.4. The Bertz CT molecular complexity index is 3030. The van der Waals surface area contributed by atoms with Gasteiger partial charge in [0.05, 0.1) is 11.7 Å².